The number of carbonyl (C=O) groups is 2. The summed E-state index contributed by atoms with van der Waals surface area (Å²) in [7, 11) is 3.08. The fraction of sp³-hybridized carbons (Fsp3) is 0.351. The van der Waals surface area contributed by atoms with Crippen LogP contribution in [0.1, 0.15) is 52.4 Å². The van der Waals surface area contributed by atoms with E-state index in [0.29, 0.717) is 55.4 Å². The number of esters is 1. The van der Waals surface area contributed by atoms with E-state index in [1.165, 1.54) is 25.9 Å². The van der Waals surface area contributed by atoms with Gasteiger partial charge in [0, 0.05) is 38.1 Å². The molecule has 10 nitrogen and oxygen atoms in total. The van der Waals surface area contributed by atoms with Crippen molar-refractivity contribution in [3.63, 3.8) is 0 Å². The van der Waals surface area contributed by atoms with Crippen molar-refractivity contribution < 1.29 is 28.5 Å². The van der Waals surface area contributed by atoms with Crippen LogP contribution in [0.25, 0.3) is 0 Å². The van der Waals surface area contributed by atoms with Gasteiger partial charge in [-0.25, -0.2) is 9.59 Å². The first-order valence-corrected chi connectivity index (χ1v) is 17.0. The maximum atomic E-state index is 13.8. The molecule has 4 atom stereocenters. The zero-order valence-electron chi connectivity index (χ0n) is 27.4. The molecule has 0 aliphatic carbocycles. The highest BCUT2D eigenvalue weighted by molar-refractivity contribution is 6.35. The number of methoxy groups -OCH3 is 2. The fourth-order valence-electron chi connectivity index (χ4n) is 6.59. The van der Waals surface area contributed by atoms with Crippen molar-refractivity contribution in [1.29, 1.82) is 0 Å². The number of pyridine rings is 2. The van der Waals surface area contributed by atoms with Crippen LogP contribution in [-0.4, -0.2) is 66.9 Å². The average molecular weight is 706 g/mol. The molecule has 1 amide bonds. The molecule has 2 aliphatic heterocycles. The van der Waals surface area contributed by atoms with E-state index in [0.717, 1.165) is 32.5 Å². The van der Waals surface area contributed by atoms with Crippen LogP contribution in [0.3, 0.4) is 0 Å². The normalized spacial score (nSPS) is 19.0. The lowest BCUT2D eigenvalue weighted by Gasteiger charge is -2.41. The third-order valence-corrected chi connectivity index (χ3v) is 9.63. The van der Waals surface area contributed by atoms with E-state index in [9.17, 15) is 9.59 Å². The Kier molecular flexibility index (Phi) is 11.2. The van der Waals surface area contributed by atoms with E-state index in [2.05, 4.69) is 14.9 Å². The molecule has 12 heteroatoms. The molecule has 0 spiro atoms. The number of benzene rings is 2. The molecule has 4 aromatic rings. The molecule has 2 fully saturated rings. The van der Waals surface area contributed by atoms with Crippen molar-refractivity contribution in [2.75, 3.05) is 38.8 Å². The molecule has 6 rings (SSSR count). The molecule has 2 aromatic carbocycles. The van der Waals surface area contributed by atoms with Crippen LogP contribution in [0.2, 0.25) is 10.0 Å². The number of hydrogen-bond donors (Lipinski definition) is 0. The molecule has 4 heterocycles. The predicted octanol–water partition coefficient (Wildman–Crippen LogP) is 7.57. The Labute approximate surface area is 295 Å². The summed E-state index contributed by atoms with van der Waals surface area (Å²) in [6, 6.07) is 15.9. The number of piperidine rings is 2. The van der Waals surface area contributed by atoms with Crippen LogP contribution in [0, 0.1) is 5.92 Å². The van der Waals surface area contributed by atoms with E-state index < -0.39 is 18.2 Å². The van der Waals surface area contributed by atoms with E-state index in [1.807, 2.05) is 12.1 Å². The van der Waals surface area contributed by atoms with Crippen LogP contribution < -0.4 is 14.4 Å². The highest BCUT2D eigenvalue weighted by Gasteiger charge is 2.33. The van der Waals surface area contributed by atoms with Gasteiger partial charge in [-0.2, -0.15) is 0 Å². The number of anilines is 1. The second kappa shape index (κ2) is 15.9. The minimum atomic E-state index is -0.791. The van der Waals surface area contributed by atoms with Crippen molar-refractivity contribution in [1.82, 2.24) is 14.9 Å². The van der Waals surface area contributed by atoms with Gasteiger partial charge in [-0.1, -0.05) is 41.4 Å². The zero-order valence-corrected chi connectivity index (χ0v) is 28.9. The lowest BCUT2D eigenvalue weighted by molar-refractivity contribution is 0.00423. The zero-order chi connectivity index (χ0) is 34.3. The number of ether oxygens (including phenoxy) is 4. The van der Waals surface area contributed by atoms with Gasteiger partial charge in [-0.05, 0) is 84.8 Å². The number of rotatable bonds is 11. The second-order valence-corrected chi connectivity index (χ2v) is 13.1. The van der Waals surface area contributed by atoms with Gasteiger partial charge < -0.3 is 18.9 Å². The summed E-state index contributed by atoms with van der Waals surface area (Å²) in [5.74, 6) is 0.986. The second-order valence-electron chi connectivity index (χ2n) is 12.3. The summed E-state index contributed by atoms with van der Waals surface area (Å²) < 4.78 is 23.2. The third kappa shape index (κ3) is 8.44. The first-order valence-electron chi connectivity index (χ1n) is 16.2. The van der Waals surface area contributed by atoms with Crippen LogP contribution in [0.4, 0.5) is 10.5 Å². The third-order valence-electron chi connectivity index (χ3n) is 8.98. The van der Waals surface area contributed by atoms with Crippen LogP contribution >= 0.6 is 23.2 Å². The first-order chi connectivity index (χ1) is 23.8. The minimum Gasteiger partial charge on any atom is -0.493 e. The Hall–Kier alpha value is -4.38. The number of carbonyl (C=O) groups excluding carboxylic acids is 2. The molecule has 2 unspecified atom stereocenters. The number of hydrogen-bond acceptors (Lipinski definition) is 9. The molecule has 49 heavy (non-hydrogen) atoms. The molecule has 0 saturated carbocycles. The van der Waals surface area contributed by atoms with Crippen molar-refractivity contribution in [3.05, 3.63) is 112 Å². The van der Waals surface area contributed by atoms with Gasteiger partial charge in [0.1, 0.15) is 12.2 Å². The maximum Gasteiger partial charge on any atom is 0.414 e. The summed E-state index contributed by atoms with van der Waals surface area (Å²) in [5, 5.41) is 0.707. The summed E-state index contributed by atoms with van der Waals surface area (Å²) >= 11 is 12.9. The number of amides is 1. The monoisotopic (exact) mass is 704 g/mol. The van der Waals surface area contributed by atoms with Crippen molar-refractivity contribution in [2.45, 2.75) is 44.4 Å². The fourth-order valence-corrected chi connectivity index (χ4v) is 7.10. The SMILES string of the molecule is COc1ccc([C@H](Cc2c(Cl)cncc2Cl)OC(=O)c2cccc(CN(C(=O)O[C@@H]3CC4CCCN(C4)C3)c3cccnc3)c2)cc1OC. The van der Waals surface area contributed by atoms with Gasteiger partial charge >= 0.3 is 12.1 Å². The topological polar surface area (TPSA) is 103 Å². The highest BCUT2D eigenvalue weighted by atomic mass is 35.5. The molecule has 2 aliphatic rings. The molecule has 0 radical (unpaired) electrons. The summed E-state index contributed by atoms with van der Waals surface area (Å²) in [6.45, 7) is 3.00. The Balaban J connectivity index is 1.23. The van der Waals surface area contributed by atoms with Gasteiger partial charge in [0.25, 0.3) is 0 Å². The van der Waals surface area contributed by atoms with Gasteiger partial charge in [0.15, 0.2) is 11.5 Å². The number of aromatic nitrogens is 2. The van der Waals surface area contributed by atoms with Gasteiger partial charge in [0.2, 0.25) is 0 Å². The Morgan fingerprint density at radius 1 is 0.959 bits per heavy atom. The van der Waals surface area contributed by atoms with E-state index in [-0.39, 0.29) is 19.1 Å². The quantitative estimate of drug-likeness (QED) is 0.146. The smallest absolute Gasteiger partial charge is 0.414 e. The number of fused-ring (bicyclic) bond motifs is 2. The standard InChI is InChI=1S/C37H38Cl2N4O6/c1-46-33-11-10-26(16-35(33)47-2)34(17-30-31(38)19-41-20-32(30)39)49-36(44)27-8-3-6-24(14-27)22-43(28-9-4-12-40-18-28)37(45)48-29-15-25-7-5-13-42(21-25)23-29/h3-4,6,8-12,14,16,18-20,25,29,34H,5,7,13,15,17,21-23H2,1-2H3/t25?,29-,34+/m1/s1. The van der Waals surface area contributed by atoms with Gasteiger partial charge in [0.05, 0.1) is 48.3 Å². The highest BCUT2D eigenvalue weighted by Crippen LogP contribution is 2.36. The molecule has 0 N–H and O–H groups in total. The molecule has 2 bridgehead atoms. The molecular weight excluding hydrogens is 667 g/mol. The molecule has 2 saturated heterocycles. The van der Waals surface area contributed by atoms with Crippen LogP contribution in [0.5, 0.6) is 11.5 Å². The summed E-state index contributed by atoms with van der Waals surface area (Å²) in [6.07, 6.45) is 8.24. The molecule has 256 valence electrons. The minimum absolute atomic E-state index is 0.160. The predicted molar refractivity (Wildman–Crippen MR) is 187 cm³/mol. The summed E-state index contributed by atoms with van der Waals surface area (Å²) in [4.78, 5) is 39.7. The largest absolute Gasteiger partial charge is 0.493 e. The van der Waals surface area contributed by atoms with Gasteiger partial charge in [-0.3, -0.25) is 19.8 Å². The van der Waals surface area contributed by atoms with Crippen LogP contribution in [0.15, 0.2) is 79.4 Å². The molecule has 2 aromatic heterocycles. The van der Waals surface area contributed by atoms with E-state index >= 15 is 0 Å². The van der Waals surface area contributed by atoms with Crippen LogP contribution in [-0.2, 0) is 22.4 Å². The lowest BCUT2D eigenvalue weighted by Crippen LogP contribution is -2.49. The van der Waals surface area contributed by atoms with Crippen molar-refractivity contribution in [3.8, 4) is 11.5 Å². The van der Waals surface area contributed by atoms with E-state index in [1.54, 1.807) is 66.9 Å². The Morgan fingerprint density at radius 2 is 1.78 bits per heavy atom. The Bertz CT molecular complexity index is 1750. The average Bonchev–Trinajstić information content (AvgIpc) is 3.11. The maximum absolute atomic E-state index is 13.8. The van der Waals surface area contributed by atoms with Gasteiger partial charge in [-0.15, -0.1) is 0 Å². The number of nitrogens with zero attached hydrogens (tertiary/aromatic N) is 4. The lowest BCUT2D eigenvalue weighted by atomic mass is 9.88. The summed E-state index contributed by atoms with van der Waals surface area (Å²) in [5.41, 5.74) is 2.85. The van der Waals surface area contributed by atoms with E-state index in [4.69, 9.17) is 42.1 Å². The van der Waals surface area contributed by atoms with Crippen molar-refractivity contribution in [2.24, 2.45) is 5.92 Å². The number of halogens is 2. The first kappa shape index (κ1) is 34.5. The van der Waals surface area contributed by atoms with Crippen molar-refractivity contribution >= 4 is 41.0 Å². The molecular formula is C37H38Cl2N4O6. The Morgan fingerprint density at radius 3 is 2.51 bits per heavy atom.